The molecule has 6 nitrogen and oxygen atoms in total. The van der Waals surface area contributed by atoms with Crippen molar-refractivity contribution >= 4 is 33.2 Å². The van der Waals surface area contributed by atoms with E-state index >= 15 is 0 Å². The lowest BCUT2D eigenvalue weighted by Crippen LogP contribution is -2.33. The second-order valence-electron chi connectivity index (χ2n) is 6.47. The molecule has 1 aliphatic carbocycles. The highest BCUT2D eigenvalue weighted by atomic mass is 35.5. The Morgan fingerprint density at radius 2 is 1.82 bits per heavy atom. The molecule has 0 spiro atoms. The Kier molecular flexibility index (Phi) is 5.01. The van der Waals surface area contributed by atoms with Gasteiger partial charge >= 0.3 is 0 Å². The van der Waals surface area contributed by atoms with Crippen molar-refractivity contribution in [2.24, 2.45) is 0 Å². The first-order valence-corrected chi connectivity index (χ1v) is 10.7. The molecule has 1 aliphatic rings. The highest BCUT2D eigenvalue weighted by Gasteiger charge is 2.27. The van der Waals surface area contributed by atoms with Crippen molar-refractivity contribution in [1.82, 2.24) is 14.5 Å². The number of hydrogen-bond acceptors (Lipinski definition) is 4. The number of halogens is 2. The molecular weight excluding hydrogens is 421 g/mol. The Morgan fingerprint density at radius 1 is 1.11 bits per heavy atom. The van der Waals surface area contributed by atoms with Crippen LogP contribution in [0.25, 0.3) is 5.69 Å². The molecule has 0 amide bonds. The molecular formula is C19H15Cl2N3O3S. The van der Waals surface area contributed by atoms with Crippen LogP contribution in [0, 0.1) is 0 Å². The average molecular weight is 436 g/mol. The Bertz CT molecular complexity index is 1210. The number of fused-ring (bicyclic) bond motifs is 1. The molecule has 0 radical (unpaired) electrons. The van der Waals surface area contributed by atoms with Gasteiger partial charge in [-0.05, 0) is 41.8 Å². The van der Waals surface area contributed by atoms with Gasteiger partial charge in [0, 0.05) is 12.5 Å². The first kappa shape index (κ1) is 19.1. The van der Waals surface area contributed by atoms with E-state index in [1.165, 1.54) is 41.6 Å². The summed E-state index contributed by atoms with van der Waals surface area (Å²) >= 11 is 11.6. The minimum absolute atomic E-state index is 0.0592. The Balaban J connectivity index is 1.50. The first-order valence-electron chi connectivity index (χ1n) is 8.48. The molecule has 1 atom stereocenters. The molecule has 2 aromatic carbocycles. The molecule has 4 rings (SSSR count). The molecule has 28 heavy (non-hydrogen) atoms. The van der Waals surface area contributed by atoms with Crippen LogP contribution in [0.5, 0.6) is 0 Å². The van der Waals surface area contributed by atoms with Gasteiger partial charge in [0.05, 0.1) is 21.8 Å². The van der Waals surface area contributed by atoms with Gasteiger partial charge in [-0.2, -0.15) is 9.78 Å². The first-order chi connectivity index (χ1) is 13.4. The van der Waals surface area contributed by atoms with Crippen molar-refractivity contribution < 1.29 is 8.42 Å². The van der Waals surface area contributed by atoms with Gasteiger partial charge in [-0.1, -0.05) is 47.5 Å². The monoisotopic (exact) mass is 435 g/mol. The highest BCUT2D eigenvalue weighted by molar-refractivity contribution is 7.89. The number of hydrogen-bond donors (Lipinski definition) is 1. The summed E-state index contributed by atoms with van der Waals surface area (Å²) < 4.78 is 28.9. The zero-order chi connectivity index (χ0) is 19.9. The molecule has 0 unspecified atom stereocenters. The molecule has 1 aromatic heterocycles. The largest absolute Gasteiger partial charge is 0.291 e. The molecule has 0 saturated carbocycles. The predicted octanol–water partition coefficient (Wildman–Crippen LogP) is 3.16. The normalized spacial score (nSPS) is 15.7. The minimum atomic E-state index is -3.66. The van der Waals surface area contributed by atoms with E-state index in [1.807, 2.05) is 18.2 Å². The molecule has 0 aliphatic heterocycles. The van der Waals surface area contributed by atoms with Crippen LogP contribution >= 0.6 is 23.2 Å². The van der Waals surface area contributed by atoms with Crippen molar-refractivity contribution in [3.05, 3.63) is 86.3 Å². The van der Waals surface area contributed by atoms with Gasteiger partial charge < -0.3 is 0 Å². The summed E-state index contributed by atoms with van der Waals surface area (Å²) in [4.78, 5) is 12.3. The summed E-state index contributed by atoms with van der Waals surface area (Å²) in [5.74, 6) is 0.184. The fourth-order valence-corrected chi connectivity index (χ4v) is 4.54. The van der Waals surface area contributed by atoms with Gasteiger partial charge in [-0.25, -0.2) is 13.1 Å². The fourth-order valence-electron chi connectivity index (χ4n) is 3.20. The van der Waals surface area contributed by atoms with Gasteiger partial charge in [-0.15, -0.1) is 0 Å². The van der Waals surface area contributed by atoms with Gasteiger partial charge in [0.25, 0.3) is 5.56 Å². The zero-order valence-electron chi connectivity index (χ0n) is 14.5. The third kappa shape index (κ3) is 3.46. The van der Waals surface area contributed by atoms with Crippen LogP contribution in [0.15, 0.2) is 64.4 Å². The number of nitrogens with zero attached hydrogens (tertiary/aromatic N) is 2. The van der Waals surface area contributed by atoms with E-state index < -0.39 is 15.6 Å². The second-order valence-corrected chi connectivity index (χ2v) is 9.02. The van der Waals surface area contributed by atoms with Crippen molar-refractivity contribution in [1.29, 1.82) is 0 Å². The van der Waals surface area contributed by atoms with Crippen LogP contribution in [0.4, 0.5) is 0 Å². The molecule has 1 N–H and O–H groups in total. The highest BCUT2D eigenvalue weighted by Crippen LogP contribution is 2.34. The van der Waals surface area contributed by atoms with Gasteiger partial charge in [0.15, 0.2) is 0 Å². The maximum absolute atomic E-state index is 12.6. The Labute approximate surface area is 171 Å². The van der Waals surface area contributed by atoms with Crippen LogP contribution in [0.1, 0.15) is 17.0 Å². The number of rotatable bonds is 5. The molecule has 3 aromatic rings. The lowest BCUT2D eigenvalue weighted by atomic mass is 9.78. The second kappa shape index (κ2) is 7.33. The van der Waals surface area contributed by atoms with Crippen LogP contribution in [-0.2, 0) is 16.4 Å². The Morgan fingerprint density at radius 3 is 2.54 bits per heavy atom. The van der Waals surface area contributed by atoms with Crippen molar-refractivity contribution in [2.45, 2.75) is 17.2 Å². The molecule has 0 bridgehead atoms. The quantitative estimate of drug-likeness (QED) is 0.667. The lowest BCUT2D eigenvalue weighted by Gasteiger charge is -2.30. The molecule has 144 valence electrons. The van der Waals surface area contributed by atoms with Crippen molar-refractivity contribution in [3.8, 4) is 5.69 Å². The smallest absolute Gasteiger partial charge is 0.266 e. The summed E-state index contributed by atoms with van der Waals surface area (Å²) in [7, 11) is -3.66. The van der Waals surface area contributed by atoms with E-state index in [9.17, 15) is 13.2 Å². The Hall–Kier alpha value is -2.19. The van der Waals surface area contributed by atoms with Gasteiger partial charge in [0.2, 0.25) is 10.0 Å². The minimum Gasteiger partial charge on any atom is -0.266 e. The maximum atomic E-state index is 12.6. The van der Waals surface area contributed by atoms with Gasteiger partial charge in [-0.3, -0.25) is 4.79 Å². The lowest BCUT2D eigenvalue weighted by molar-refractivity contribution is 0.552. The standard InChI is InChI=1S/C19H15Cl2N3O3S/c20-17-11-22-24(19(25)18(17)21)14-5-7-15(8-6-14)28(26,27)23-10-13-9-12-3-1-2-4-16(12)13/h1-8,11,13,23H,9-10H2/t13-/m1/s1. The van der Waals surface area contributed by atoms with Crippen LogP contribution in [0.2, 0.25) is 10.0 Å². The number of aromatic nitrogens is 2. The molecule has 0 fully saturated rings. The third-order valence-electron chi connectivity index (χ3n) is 4.75. The van der Waals surface area contributed by atoms with E-state index in [2.05, 4.69) is 15.9 Å². The summed E-state index contributed by atoms with van der Waals surface area (Å²) in [5.41, 5.74) is 2.25. The van der Waals surface area contributed by atoms with E-state index in [0.29, 0.717) is 12.2 Å². The summed E-state index contributed by atoms with van der Waals surface area (Å²) in [5, 5.41) is 3.84. The molecule has 9 heteroatoms. The number of sulfonamides is 1. The van der Waals surface area contributed by atoms with Crippen LogP contribution < -0.4 is 10.3 Å². The topological polar surface area (TPSA) is 81.1 Å². The summed E-state index contributed by atoms with van der Waals surface area (Å²) in [6.07, 6.45) is 2.12. The predicted molar refractivity (Wildman–Crippen MR) is 108 cm³/mol. The van der Waals surface area contributed by atoms with E-state index in [1.54, 1.807) is 0 Å². The summed E-state index contributed by atoms with van der Waals surface area (Å²) in [6.45, 7) is 0.342. The van der Waals surface area contributed by atoms with Crippen LogP contribution in [-0.4, -0.2) is 24.7 Å². The van der Waals surface area contributed by atoms with E-state index in [-0.39, 0.29) is 20.9 Å². The SMILES string of the molecule is O=c1c(Cl)c(Cl)cnn1-c1ccc(S(=O)(=O)NC[C@H]2Cc3ccccc32)cc1. The molecule has 0 saturated heterocycles. The maximum Gasteiger partial charge on any atom is 0.291 e. The zero-order valence-corrected chi connectivity index (χ0v) is 16.8. The fraction of sp³-hybridized carbons (Fsp3) is 0.158. The average Bonchev–Trinajstić information content (AvgIpc) is 2.67. The van der Waals surface area contributed by atoms with Crippen molar-refractivity contribution in [3.63, 3.8) is 0 Å². The third-order valence-corrected chi connectivity index (χ3v) is 6.94. The van der Waals surface area contributed by atoms with Crippen LogP contribution in [0.3, 0.4) is 0 Å². The van der Waals surface area contributed by atoms with Crippen molar-refractivity contribution in [2.75, 3.05) is 6.54 Å². The summed E-state index contributed by atoms with van der Waals surface area (Å²) in [6, 6.07) is 13.8. The van der Waals surface area contributed by atoms with Gasteiger partial charge in [0.1, 0.15) is 5.02 Å². The number of nitrogens with one attached hydrogen (secondary N) is 1. The molecule has 1 heterocycles. The van der Waals surface area contributed by atoms with E-state index in [0.717, 1.165) is 11.1 Å². The number of benzene rings is 2. The van der Waals surface area contributed by atoms with E-state index in [4.69, 9.17) is 23.2 Å².